The molecule has 0 saturated carbocycles. The third-order valence-electron chi connectivity index (χ3n) is 6.06. The fourth-order valence-electron chi connectivity index (χ4n) is 4.33. The molecule has 0 aliphatic carbocycles. The highest BCUT2D eigenvalue weighted by molar-refractivity contribution is 6.01. The SMILES string of the molecule is C=Cc1cccc(C(C(=O)Nc2ccc3ccccc3c2)N(CCO)C(=O)C(CC(N)=O)NC(=O)OC(C)(C)C)c1. The van der Waals surface area contributed by atoms with E-state index >= 15 is 0 Å². The third-order valence-corrected chi connectivity index (χ3v) is 6.06. The summed E-state index contributed by atoms with van der Waals surface area (Å²) in [5, 5.41) is 17.1. The van der Waals surface area contributed by atoms with Crippen LogP contribution in [0.25, 0.3) is 16.8 Å². The number of ether oxygens (including phenoxy) is 1. The van der Waals surface area contributed by atoms with Gasteiger partial charge in [-0.2, -0.15) is 0 Å². The lowest BCUT2D eigenvalue weighted by atomic mass is 9.99. The lowest BCUT2D eigenvalue weighted by Crippen LogP contribution is -2.54. The Morgan fingerprint density at radius 2 is 1.73 bits per heavy atom. The lowest BCUT2D eigenvalue weighted by molar-refractivity contribution is -0.142. The Morgan fingerprint density at radius 3 is 2.37 bits per heavy atom. The number of fused-ring (bicyclic) bond motifs is 1. The molecule has 10 nitrogen and oxygen atoms in total. The molecular weight excluding hydrogens is 524 g/mol. The highest BCUT2D eigenvalue weighted by Gasteiger charge is 2.37. The molecule has 0 spiro atoms. The van der Waals surface area contributed by atoms with E-state index < -0.39 is 54.5 Å². The van der Waals surface area contributed by atoms with Crippen LogP contribution in [-0.4, -0.2) is 58.6 Å². The summed E-state index contributed by atoms with van der Waals surface area (Å²) in [6.07, 6.45) is 0.109. The molecule has 0 bridgehead atoms. The third kappa shape index (κ3) is 8.64. The molecular formula is C31H36N4O6. The number of alkyl carbamates (subject to hydrolysis) is 1. The molecule has 2 atom stereocenters. The van der Waals surface area contributed by atoms with Gasteiger partial charge in [-0.1, -0.05) is 61.2 Å². The van der Waals surface area contributed by atoms with Gasteiger partial charge in [-0.25, -0.2) is 4.79 Å². The van der Waals surface area contributed by atoms with Crippen LogP contribution in [0, 0.1) is 0 Å². The quantitative estimate of drug-likeness (QED) is 0.280. The smallest absolute Gasteiger partial charge is 0.408 e. The molecule has 0 saturated heterocycles. The van der Waals surface area contributed by atoms with Crippen molar-refractivity contribution < 1.29 is 29.0 Å². The summed E-state index contributed by atoms with van der Waals surface area (Å²) in [4.78, 5) is 53.4. The maximum atomic E-state index is 13.9. The van der Waals surface area contributed by atoms with Crippen molar-refractivity contribution in [1.29, 1.82) is 0 Å². The Labute approximate surface area is 239 Å². The Bertz CT molecular complexity index is 1430. The zero-order valence-electron chi connectivity index (χ0n) is 23.4. The van der Waals surface area contributed by atoms with Gasteiger partial charge < -0.3 is 31.1 Å². The van der Waals surface area contributed by atoms with Crippen LogP contribution in [-0.2, 0) is 19.1 Å². The Balaban J connectivity index is 2.03. The van der Waals surface area contributed by atoms with Crippen molar-refractivity contribution in [3.8, 4) is 0 Å². The zero-order valence-corrected chi connectivity index (χ0v) is 23.4. The van der Waals surface area contributed by atoms with E-state index in [1.54, 1.807) is 57.2 Å². The average molecular weight is 561 g/mol. The number of rotatable bonds is 11. The van der Waals surface area contributed by atoms with Crippen LogP contribution in [0.1, 0.15) is 44.4 Å². The number of primary amides is 1. The Morgan fingerprint density at radius 1 is 1.02 bits per heavy atom. The van der Waals surface area contributed by atoms with Crippen LogP contribution in [0.4, 0.5) is 10.5 Å². The van der Waals surface area contributed by atoms with Gasteiger partial charge in [0, 0.05) is 12.2 Å². The van der Waals surface area contributed by atoms with E-state index in [1.165, 1.54) is 0 Å². The van der Waals surface area contributed by atoms with E-state index in [0.29, 0.717) is 16.8 Å². The number of nitrogens with one attached hydrogen (secondary N) is 2. The number of carbonyl (C=O) groups excluding carboxylic acids is 4. The number of carbonyl (C=O) groups is 4. The predicted molar refractivity (Wildman–Crippen MR) is 158 cm³/mol. The molecule has 216 valence electrons. The molecule has 3 aromatic rings. The van der Waals surface area contributed by atoms with Gasteiger partial charge >= 0.3 is 6.09 Å². The summed E-state index contributed by atoms with van der Waals surface area (Å²) in [5.41, 5.74) is 6.15. The highest BCUT2D eigenvalue weighted by Crippen LogP contribution is 2.27. The van der Waals surface area contributed by atoms with Crippen molar-refractivity contribution >= 4 is 46.4 Å². The molecule has 3 rings (SSSR count). The minimum atomic E-state index is -1.45. The lowest BCUT2D eigenvalue weighted by Gasteiger charge is -2.34. The van der Waals surface area contributed by atoms with Gasteiger partial charge in [0.2, 0.25) is 11.8 Å². The molecule has 5 N–H and O–H groups in total. The summed E-state index contributed by atoms with van der Waals surface area (Å²) in [6, 6.07) is 17.2. The molecule has 3 aromatic carbocycles. The summed E-state index contributed by atoms with van der Waals surface area (Å²) < 4.78 is 5.26. The molecule has 0 aliphatic heterocycles. The number of anilines is 1. The predicted octanol–water partition coefficient (Wildman–Crippen LogP) is 3.75. The summed E-state index contributed by atoms with van der Waals surface area (Å²) >= 11 is 0. The number of nitrogens with two attached hydrogens (primary N) is 1. The number of hydrogen-bond acceptors (Lipinski definition) is 6. The van der Waals surface area contributed by atoms with E-state index in [9.17, 15) is 24.3 Å². The minimum Gasteiger partial charge on any atom is -0.444 e. The molecule has 0 radical (unpaired) electrons. The van der Waals surface area contributed by atoms with Crippen LogP contribution in [0.2, 0.25) is 0 Å². The van der Waals surface area contributed by atoms with Crippen molar-refractivity contribution in [1.82, 2.24) is 10.2 Å². The first-order valence-corrected chi connectivity index (χ1v) is 13.1. The molecule has 41 heavy (non-hydrogen) atoms. The summed E-state index contributed by atoms with van der Waals surface area (Å²) in [7, 11) is 0. The molecule has 0 aliphatic rings. The van der Waals surface area contributed by atoms with Gasteiger partial charge in [0.05, 0.1) is 13.0 Å². The van der Waals surface area contributed by atoms with E-state index in [1.807, 2.05) is 36.4 Å². The van der Waals surface area contributed by atoms with Gasteiger partial charge in [0.15, 0.2) is 0 Å². The standard InChI is InChI=1S/C31H36N4O6/c1-5-20-9-8-12-23(17-20)27(28(38)33-24-14-13-21-10-6-7-11-22(21)18-24)35(15-16-36)29(39)25(19-26(32)37)34-30(40)41-31(2,3)4/h5-14,17-18,25,27,36H,1,15-16,19H2,2-4H3,(H2,32,37)(H,33,38)(H,34,40). The average Bonchev–Trinajstić information content (AvgIpc) is 2.90. The molecule has 0 fully saturated rings. The van der Waals surface area contributed by atoms with Crippen molar-refractivity contribution in [2.75, 3.05) is 18.5 Å². The zero-order chi connectivity index (χ0) is 30.2. The van der Waals surface area contributed by atoms with E-state index in [2.05, 4.69) is 17.2 Å². The van der Waals surface area contributed by atoms with Gasteiger partial charge in [-0.05, 0) is 60.9 Å². The number of nitrogens with zero attached hydrogens (tertiary/aromatic N) is 1. The first-order valence-electron chi connectivity index (χ1n) is 13.1. The van der Waals surface area contributed by atoms with Crippen molar-refractivity contribution in [2.24, 2.45) is 5.73 Å². The van der Waals surface area contributed by atoms with E-state index in [4.69, 9.17) is 10.5 Å². The first kappa shape index (κ1) is 30.8. The number of hydrogen-bond donors (Lipinski definition) is 4. The van der Waals surface area contributed by atoms with Crippen LogP contribution >= 0.6 is 0 Å². The van der Waals surface area contributed by atoms with Gasteiger partial charge in [-0.15, -0.1) is 0 Å². The molecule has 0 heterocycles. The Kier molecular flexibility index (Phi) is 10.2. The molecule has 10 heteroatoms. The summed E-state index contributed by atoms with van der Waals surface area (Å²) in [5.74, 6) is -2.22. The molecule has 2 unspecified atom stereocenters. The van der Waals surface area contributed by atoms with Crippen molar-refractivity contribution in [3.05, 3.63) is 84.4 Å². The number of benzene rings is 3. The van der Waals surface area contributed by atoms with Crippen molar-refractivity contribution in [3.63, 3.8) is 0 Å². The number of amides is 4. The fourth-order valence-corrected chi connectivity index (χ4v) is 4.33. The first-order chi connectivity index (χ1) is 19.4. The second-order valence-corrected chi connectivity index (χ2v) is 10.5. The second-order valence-electron chi connectivity index (χ2n) is 10.5. The van der Waals surface area contributed by atoms with Gasteiger partial charge in [-0.3, -0.25) is 14.4 Å². The highest BCUT2D eigenvalue weighted by atomic mass is 16.6. The summed E-state index contributed by atoms with van der Waals surface area (Å²) in [6.45, 7) is 7.95. The maximum absolute atomic E-state index is 13.9. The maximum Gasteiger partial charge on any atom is 0.408 e. The topological polar surface area (TPSA) is 151 Å². The van der Waals surface area contributed by atoms with Crippen LogP contribution in [0.3, 0.4) is 0 Å². The van der Waals surface area contributed by atoms with Crippen LogP contribution in [0.15, 0.2) is 73.3 Å². The molecule has 0 aromatic heterocycles. The second kappa shape index (κ2) is 13.6. The molecule has 4 amide bonds. The van der Waals surface area contributed by atoms with Crippen molar-refractivity contribution in [2.45, 2.75) is 44.9 Å². The number of aliphatic hydroxyl groups excluding tert-OH is 1. The Hall–Kier alpha value is -4.70. The van der Waals surface area contributed by atoms with Gasteiger partial charge in [0.25, 0.3) is 5.91 Å². The van der Waals surface area contributed by atoms with Gasteiger partial charge in [0.1, 0.15) is 17.7 Å². The van der Waals surface area contributed by atoms with E-state index in [-0.39, 0.29) is 6.54 Å². The van der Waals surface area contributed by atoms with Crippen LogP contribution < -0.4 is 16.4 Å². The van der Waals surface area contributed by atoms with Crippen LogP contribution in [0.5, 0.6) is 0 Å². The number of aliphatic hydroxyl groups is 1. The van der Waals surface area contributed by atoms with E-state index in [0.717, 1.165) is 15.7 Å². The minimum absolute atomic E-state index is 0.280. The normalized spacial score (nSPS) is 12.6. The largest absolute Gasteiger partial charge is 0.444 e. The monoisotopic (exact) mass is 560 g/mol. The fraction of sp³-hybridized carbons (Fsp3) is 0.290.